The molecule has 19 heavy (non-hydrogen) atoms. The Kier molecular flexibility index (Phi) is 13.9. The lowest BCUT2D eigenvalue weighted by Gasteiger charge is -2.12. The van der Waals surface area contributed by atoms with Gasteiger partial charge in [-0.1, -0.05) is 58.3 Å². The Hall–Kier alpha value is -0.280. The number of unbranched alkanes of at least 4 members (excludes halogenated alkanes) is 8. The zero-order valence-corrected chi connectivity index (χ0v) is 13.0. The van der Waals surface area contributed by atoms with Gasteiger partial charge in [-0.2, -0.15) is 0 Å². The van der Waals surface area contributed by atoms with Gasteiger partial charge < -0.3 is 9.84 Å². The van der Waals surface area contributed by atoms with E-state index < -0.39 is 6.10 Å². The van der Waals surface area contributed by atoms with Crippen LogP contribution in [0.2, 0.25) is 0 Å². The van der Waals surface area contributed by atoms with E-state index in [1.54, 1.807) is 0 Å². The SMILES string of the molecule is CCCCCCCCCCCC(=O)O[C@@H](CO)CCl. The molecule has 0 aromatic heterocycles. The highest BCUT2D eigenvalue weighted by Crippen LogP contribution is 2.11. The number of carbonyl (C=O) groups excluding carboxylic acids is 1. The van der Waals surface area contributed by atoms with Gasteiger partial charge >= 0.3 is 5.97 Å². The van der Waals surface area contributed by atoms with Gasteiger partial charge in [-0.3, -0.25) is 4.79 Å². The minimum Gasteiger partial charge on any atom is -0.459 e. The number of hydrogen-bond acceptors (Lipinski definition) is 3. The Bertz CT molecular complexity index is 206. The summed E-state index contributed by atoms with van der Waals surface area (Å²) in [4.78, 5) is 11.4. The number of carbonyl (C=O) groups is 1. The number of aliphatic hydroxyl groups is 1. The zero-order chi connectivity index (χ0) is 14.3. The fourth-order valence-electron chi connectivity index (χ4n) is 1.94. The van der Waals surface area contributed by atoms with E-state index in [4.69, 9.17) is 21.4 Å². The number of esters is 1. The molecule has 4 heteroatoms. The minimum atomic E-state index is -0.548. The van der Waals surface area contributed by atoms with Crippen molar-refractivity contribution in [1.82, 2.24) is 0 Å². The van der Waals surface area contributed by atoms with Gasteiger partial charge in [0.2, 0.25) is 0 Å². The molecular formula is C15H29ClO3. The third-order valence-corrected chi connectivity index (χ3v) is 3.50. The Balaban J connectivity index is 3.27. The van der Waals surface area contributed by atoms with Crippen LogP contribution in [0.4, 0.5) is 0 Å². The van der Waals surface area contributed by atoms with Crippen LogP contribution in [0.15, 0.2) is 0 Å². The highest BCUT2D eigenvalue weighted by molar-refractivity contribution is 6.18. The summed E-state index contributed by atoms with van der Waals surface area (Å²) < 4.78 is 5.00. The van der Waals surface area contributed by atoms with Gasteiger partial charge in [0.05, 0.1) is 12.5 Å². The lowest BCUT2D eigenvalue weighted by Crippen LogP contribution is -2.23. The molecule has 1 N–H and O–H groups in total. The molecule has 0 bridgehead atoms. The lowest BCUT2D eigenvalue weighted by molar-refractivity contribution is -0.149. The van der Waals surface area contributed by atoms with Crippen LogP contribution >= 0.6 is 11.6 Å². The summed E-state index contributed by atoms with van der Waals surface area (Å²) in [6, 6.07) is 0. The second kappa shape index (κ2) is 14.1. The summed E-state index contributed by atoms with van der Waals surface area (Å²) in [6.07, 6.45) is 10.9. The molecule has 1 atom stereocenters. The molecular weight excluding hydrogens is 264 g/mol. The molecule has 3 nitrogen and oxygen atoms in total. The average Bonchev–Trinajstić information content (AvgIpc) is 2.43. The van der Waals surface area contributed by atoms with E-state index in [9.17, 15) is 4.79 Å². The summed E-state index contributed by atoms with van der Waals surface area (Å²) in [5.74, 6) is -0.0948. The van der Waals surface area contributed by atoms with E-state index in [1.165, 1.54) is 44.9 Å². The van der Waals surface area contributed by atoms with Gasteiger partial charge in [0, 0.05) is 6.42 Å². The topological polar surface area (TPSA) is 46.5 Å². The van der Waals surface area contributed by atoms with E-state index in [2.05, 4.69) is 6.92 Å². The number of ether oxygens (including phenoxy) is 1. The summed E-state index contributed by atoms with van der Waals surface area (Å²) >= 11 is 5.53. The van der Waals surface area contributed by atoms with Gasteiger partial charge in [0.1, 0.15) is 6.10 Å². The molecule has 0 aromatic carbocycles. The first-order valence-corrected chi connectivity index (χ1v) is 8.14. The molecule has 0 radical (unpaired) electrons. The molecule has 0 saturated carbocycles. The molecule has 0 aromatic rings. The monoisotopic (exact) mass is 292 g/mol. The third-order valence-electron chi connectivity index (χ3n) is 3.16. The van der Waals surface area contributed by atoms with Crippen LogP contribution in [0.25, 0.3) is 0 Å². The van der Waals surface area contributed by atoms with Crippen molar-refractivity contribution in [2.45, 2.75) is 77.2 Å². The average molecular weight is 293 g/mol. The van der Waals surface area contributed by atoms with Crippen molar-refractivity contribution in [1.29, 1.82) is 0 Å². The molecule has 0 aliphatic heterocycles. The number of aliphatic hydroxyl groups excluding tert-OH is 1. The van der Waals surface area contributed by atoms with Gasteiger partial charge in [0.25, 0.3) is 0 Å². The van der Waals surface area contributed by atoms with Crippen LogP contribution in [0.5, 0.6) is 0 Å². The predicted molar refractivity (Wildman–Crippen MR) is 79.5 cm³/mol. The number of hydrogen-bond donors (Lipinski definition) is 1. The first-order chi connectivity index (χ1) is 9.24. The number of alkyl halides is 1. The maximum Gasteiger partial charge on any atom is 0.306 e. The number of halogens is 1. The Morgan fingerprint density at radius 2 is 1.58 bits per heavy atom. The fraction of sp³-hybridized carbons (Fsp3) is 0.933. The minimum absolute atomic E-state index is 0.153. The van der Waals surface area contributed by atoms with Crippen molar-refractivity contribution >= 4 is 17.6 Å². The molecule has 0 aliphatic carbocycles. The van der Waals surface area contributed by atoms with Gasteiger partial charge in [-0.05, 0) is 6.42 Å². The van der Waals surface area contributed by atoms with Crippen LogP contribution in [-0.2, 0) is 9.53 Å². The van der Waals surface area contributed by atoms with Crippen LogP contribution in [0, 0.1) is 0 Å². The van der Waals surface area contributed by atoms with Crippen LogP contribution in [-0.4, -0.2) is 29.7 Å². The first kappa shape index (κ1) is 18.7. The van der Waals surface area contributed by atoms with E-state index in [1.807, 2.05) is 0 Å². The summed E-state index contributed by atoms with van der Waals surface area (Å²) in [5, 5.41) is 8.84. The maximum absolute atomic E-state index is 11.4. The van der Waals surface area contributed by atoms with E-state index in [-0.39, 0.29) is 18.5 Å². The summed E-state index contributed by atoms with van der Waals surface area (Å²) in [6.45, 7) is 2.03. The second-order valence-corrected chi connectivity index (χ2v) is 5.34. The summed E-state index contributed by atoms with van der Waals surface area (Å²) in [7, 11) is 0. The van der Waals surface area contributed by atoms with Crippen LogP contribution < -0.4 is 0 Å². The van der Waals surface area contributed by atoms with Crippen molar-refractivity contribution in [2.24, 2.45) is 0 Å². The Morgan fingerprint density at radius 1 is 1.05 bits per heavy atom. The maximum atomic E-state index is 11.4. The van der Waals surface area contributed by atoms with Crippen LogP contribution in [0.1, 0.15) is 71.1 Å². The largest absolute Gasteiger partial charge is 0.459 e. The lowest BCUT2D eigenvalue weighted by atomic mass is 10.1. The fourth-order valence-corrected chi connectivity index (χ4v) is 2.10. The van der Waals surface area contributed by atoms with Crippen molar-refractivity contribution in [3.63, 3.8) is 0 Å². The van der Waals surface area contributed by atoms with Crippen LogP contribution in [0.3, 0.4) is 0 Å². The van der Waals surface area contributed by atoms with Gasteiger partial charge in [-0.25, -0.2) is 0 Å². The molecule has 0 rings (SSSR count). The third kappa shape index (κ3) is 12.5. The normalized spacial score (nSPS) is 12.4. The molecule has 0 amide bonds. The highest BCUT2D eigenvalue weighted by atomic mass is 35.5. The molecule has 0 aliphatic rings. The Labute approximate surface area is 122 Å². The molecule has 0 fully saturated rings. The van der Waals surface area contributed by atoms with Crippen molar-refractivity contribution in [3.05, 3.63) is 0 Å². The zero-order valence-electron chi connectivity index (χ0n) is 12.2. The smallest absolute Gasteiger partial charge is 0.306 e. The van der Waals surface area contributed by atoms with E-state index >= 15 is 0 Å². The highest BCUT2D eigenvalue weighted by Gasteiger charge is 2.11. The summed E-state index contributed by atoms with van der Waals surface area (Å²) in [5.41, 5.74) is 0. The van der Waals surface area contributed by atoms with Gasteiger partial charge in [0.15, 0.2) is 0 Å². The van der Waals surface area contributed by atoms with Gasteiger partial charge in [-0.15, -0.1) is 11.6 Å². The molecule has 0 heterocycles. The second-order valence-electron chi connectivity index (χ2n) is 5.03. The van der Waals surface area contributed by atoms with Crippen molar-refractivity contribution < 1.29 is 14.6 Å². The predicted octanol–water partition coefficient (Wildman–Crippen LogP) is 4.05. The standard InChI is InChI=1S/C15H29ClO3/c1-2-3-4-5-6-7-8-9-10-11-15(18)19-14(12-16)13-17/h14,17H,2-13H2,1H3/t14-/m1/s1. The quantitative estimate of drug-likeness (QED) is 0.316. The van der Waals surface area contributed by atoms with E-state index in [0.29, 0.717) is 6.42 Å². The number of rotatable bonds is 13. The molecule has 0 saturated heterocycles. The van der Waals surface area contributed by atoms with Crippen molar-refractivity contribution in [3.8, 4) is 0 Å². The van der Waals surface area contributed by atoms with E-state index in [0.717, 1.165) is 12.8 Å². The molecule has 114 valence electrons. The first-order valence-electron chi connectivity index (χ1n) is 7.60. The Morgan fingerprint density at radius 3 is 2.05 bits per heavy atom. The van der Waals surface area contributed by atoms with Crippen molar-refractivity contribution in [2.75, 3.05) is 12.5 Å². The molecule has 0 spiro atoms. The molecule has 0 unspecified atom stereocenters.